The lowest BCUT2D eigenvalue weighted by molar-refractivity contribution is -0.139. The van der Waals surface area contributed by atoms with Crippen LogP contribution < -0.4 is 14.4 Å². The summed E-state index contributed by atoms with van der Waals surface area (Å²) in [5, 5.41) is 2.90. The van der Waals surface area contributed by atoms with Crippen molar-refractivity contribution in [2.24, 2.45) is 5.92 Å². The highest BCUT2D eigenvalue weighted by Crippen LogP contribution is 2.27. The Morgan fingerprint density at radius 3 is 2.12 bits per heavy atom. The minimum Gasteiger partial charge on any atom is -0.497 e. The van der Waals surface area contributed by atoms with E-state index in [-0.39, 0.29) is 29.2 Å². The van der Waals surface area contributed by atoms with Gasteiger partial charge in [0.05, 0.1) is 17.7 Å². The number of ether oxygens (including phenoxy) is 1. The second-order valence-electron chi connectivity index (χ2n) is 11.3. The fourth-order valence-electron chi connectivity index (χ4n) is 4.39. The molecule has 0 saturated heterocycles. The van der Waals surface area contributed by atoms with Crippen LogP contribution in [0.15, 0.2) is 77.7 Å². The summed E-state index contributed by atoms with van der Waals surface area (Å²) in [6, 6.07) is 20.1. The average Bonchev–Trinajstić information content (AvgIpc) is 2.97. The lowest BCUT2D eigenvalue weighted by Crippen LogP contribution is -2.51. The molecule has 0 unspecified atom stereocenters. The van der Waals surface area contributed by atoms with Crippen molar-refractivity contribution < 1.29 is 22.7 Å². The van der Waals surface area contributed by atoms with Gasteiger partial charge in [0.1, 0.15) is 18.3 Å². The predicted molar refractivity (Wildman–Crippen MR) is 167 cm³/mol. The van der Waals surface area contributed by atoms with E-state index in [4.69, 9.17) is 4.74 Å². The van der Waals surface area contributed by atoms with Gasteiger partial charge in [0.2, 0.25) is 11.8 Å². The fourth-order valence-corrected chi connectivity index (χ4v) is 5.81. The quantitative estimate of drug-likeness (QED) is 0.282. The molecule has 0 saturated carbocycles. The van der Waals surface area contributed by atoms with Crippen LogP contribution >= 0.6 is 0 Å². The number of hydrogen-bond acceptors (Lipinski definition) is 5. The van der Waals surface area contributed by atoms with Crippen molar-refractivity contribution in [3.8, 4) is 5.75 Å². The highest BCUT2D eigenvalue weighted by molar-refractivity contribution is 7.92. The minimum atomic E-state index is -4.12. The number of benzene rings is 3. The third kappa shape index (κ3) is 8.35. The lowest BCUT2D eigenvalue weighted by Gasteiger charge is -2.32. The van der Waals surface area contributed by atoms with Gasteiger partial charge in [-0.1, -0.05) is 69.7 Å². The molecule has 0 fully saturated rings. The van der Waals surface area contributed by atoms with E-state index < -0.39 is 28.5 Å². The Morgan fingerprint density at radius 1 is 0.905 bits per heavy atom. The zero-order valence-electron chi connectivity index (χ0n) is 25.6. The molecule has 1 N–H and O–H groups in total. The van der Waals surface area contributed by atoms with E-state index in [9.17, 15) is 18.0 Å². The molecule has 42 heavy (non-hydrogen) atoms. The van der Waals surface area contributed by atoms with Gasteiger partial charge in [0.15, 0.2) is 0 Å². The first-order chi connectivity index (χ1) is 19.8. The smallest absolute Gasteiger partial charge is 0.264 e. The summed E-state index contributed by atoms with van der Waals surface area (Å²) in [6.07, 6.45) is 0. The Bertz CT molecular complexity index is 1450. The molecule has 0 radical (unpaired) electrons. The number of amides is 2. The molecule has 0 aliphatic rings. The first-order valence-corrected chi connectivity index (χ1v) is 15.7. The molecule has 0 aliphatic carbocycles. The highest BCUT2D eigenvalue weighted by Gasteiger charge is 2.32. The van der Waals surface area contributed by atoms with Gasteiger partial charge in [0, 0.05) is 13.1 Å². The SMILES string of the molecule is COc1cccc(CN(C(=O)CN(c2ccc(C(C)C)cc2)S(=O)(=O)c2ccc(C)cc2)[C@@H](C)C(=O)NCC(C)C)c1. The Hall–Kier alpha value is -3.85. The van der Waals surface area contributed by atoms with E-state index in [2.05, 4.69) is 19.2 Å². The molecular weight excluding hydrogens is 550 g/mol. The largest absolute Gasteiger partial charge is 0.497 e. The summed E-state index contributed by atoms with van der Waals surface area (Å²) in [6.45, 7) is 11.7. The number of nitrogens with one attached hydrogen (secondary N) is 1. The van der Waals surface area contributed by atoms with Crippen LogP contribution in [0.25, 0.3) is 0 Å². The van der Waals surface area contributed by atoms with Gasteiger partial charge in [0.25, 0.3) is 10.0 Å². The molecule has 0 bridgehead atoms. The van der Waals surface area contributed by atoms with Crippen molar-refractivity contribution in [3.63, 3.8) is 0 Å². The van der Waals surface area contributed by atoms with E-state index in [1.165, 1.54) is 4.90 Å². The number of methoxy groups -OCH3 is 1. The van der Waals surface area contributed by atoms with Crippen LogP contribution in [0.2, 0.25) is 0 Å². The summed E-state index contributed by atoms with van der Waals surface area (Å²) < 4.78 is 34.5. The minimum absolute atomic E-state index is 0.0795. The topological polar surface area (TPSA) is 96.0 Å². The average molecular weight is 594 g/mol. The van der Waals surface area contributed by atoms with Crippen LogP contribution in [0, 0.1) is 12.8 Å². The lowest BCUT2D eigenvalue weighted by atomic mass is 10.0. The number of carbonyl (C=O) groups is 2. The fraction of sp³-hybridized carbons (Fsp3) is 0.394. The third-order valence-electron chi connectivity index (χ3n) is 7.07. The zero-order valence-corrected chi connectivity index (χ0v) is 26.4. The van der Waals surface area contributed by atoms with Crippen LogP contribution in [-0.4, -0.2) is 51.4 Å². The molecule has 3 aromatic carbocycles. The number of hydrogen-bond donors (Lipinski definition) is 1. The van der Waals surface area contributed by atoms with Crippen molar-refractivity contribution in [2.75, 3.05) is 24.5 Å². The number of aryl methyl sites for hydroxylation is 1. The van der Waals surface area contributed by atoms with E-state index in [0.29, 0.717) is 18.0 Å². The number of rotatable bonds is 13. The normalized spacial score (nSPS) is 12.2. The molecule has 9 heteroatoms. The highest BCUT2D eigenvalue weighted by atomic mass is 32.2. The van der Waals surface area contributed by atoms with Gasteiger partial charge in [-0.15, -0.1) is 0 Å². The van der Waals surface area contributed by atoms with Crippen LogP contribution in [0.3, 0.4) is 0 Å². The molecule has 226 valence electrons. The first kappa shape index (κ1) is 32.7. The van der Waals surface area contributed by atoms with Crippen molar-refractivity contribution in [2.45, 2.75) is 64.9 Å². The molecule has 1 atom stereocenters. The van der Waals surface area contributed by atoms with Gasteiger partial charge < -0.3 is 15.0 Å². The maximum Gasteiger partial charge on any atom is 0.264 e. The third-order valence-corrected chi connectivity index (χ3v) is 8.86. The molecule has 8 nitrogen and oxygen atoms in total. The van der Waals surface area contributed by atoms with E-state index in [1.54, 1.807) is 62.6 Å². The standard InChI is InChI=1S/C33H43N3O5S/c1-23(2)20-34-33(38)26(6)35(21-27-9-8-10-30(19-27)41-7)32(37)22-36(29-15-13-28(14-16-29)24(3)4)42(39,40)31-17-11-25(5)12-18-31/h8-19,23-24,26H,20-22H2,1-7H3,(H,34,38)/t26-/m0/s1. The Kier molecular flexibility index (Phi) is 11.2. The monoisotopic (exact) mass is 593 g/mol. The van der Waals surface area contributed by atoms with Crippen LogP contribution in [0.4, 0.5) is 5.69 Å². The molecule has 2 amide bonds. The number of carbonyl (C=O) groups excluding carboxylic acids is 2. The van der Waals surface area contributed by atoms with Crippen molar-refractivity contribution in [3.05, 3.63) is 89.5 Å². The molecule has 0 spiro atoms. The summed E-state index contributed by atoms with van der Waals surface area (Å²) in [7, 11) is -2.56. The molecule has 0 heterocycles. The summed E-state index contributed by atoms with van der Waals surface area (Å²) in [4.78, 5) is 28.7. The summed E-state index contributed by atoms with van der Waals surface area (Å²) in [5.74, 6) is 0.285. The maximum absolute atomic E-state index is 14.1. The number of anilines is 1. The van der Waals surface area contributed by atoms with Crippen molar-refractivity contribution in [1.82, 2.24) is 10.2 Å². The summed E-state index contributed by atoms with van der Waals surface area (Å²) in [5.41, 5.74) is 3.09. The second-order valence-corrected chi connectivity index (χ2v) is 13.1. The van der Waals surface area contributed by atoms with Crippen molar-refractivity contribution in [1.29, 1.82) is 0 Å². The first-order valence-electron chi connectivity index (χ1n) is 14.2. The number of sulfonamides is 1. The molecule has 3 rings (SSSR count). The van der Waals surface area contributed by atoms with E-state index >= 15 is 0 Å². The molecular formula is C33H43N3O5S. The number of nitrogens with zero attached hydrogens (tertiary/aromatic N) is 2. The van der Waals surface area contributed by atoms with Gasteiger partial charge in [-0.3, -0.25) is 13.9 Å². The Morgan fingerprint density at radius 2 is 1.55 bits per heavy atom. The van der Waals surface area contributed by atoms with Gasteiger partial charge in [-0.2, -0.15) is 0 Å². The van der Waals surface area contributed by atoms with E-state index in [1.807, 2.05) is 45.0 Å². The zero-order chi connectivity index (χ0) is 31.0. The molecule has 0 aromatic heterocycles. The maximum atomic E-state index is 14.1. The van der Waals surface area contributed by atoms with Gasteiger partial charge in [-0.05, 0) is 73.2 Å². The Labute approximate surface area is 250 Å². The molecule has 3 aromatic rings. The van der Waals surface area contributed by atoms with Gasteiger partial charge >= 0.3 is 0 Å². The molecule has 0 aliphatic heterocycles. The van der Waals surface area contributed by atoms with Gasteiger partial charge in [-0.25, -0.2) is 8.42 Å². The predicted octanol–water partition coefficient (Wildman–Crippen LogP) is 5.51. The van der Waals surface area contributed by atoms with E-state index in [0.717, 1.165) is 21.0 Å². The second kappa shape index (κ2) is 14.4. The van der Waals surface area contributed by atoms with Crippen molar-refractivity contribution >= 4 is 27.5 Å². The summed E-state index contributed by atoms with van der Waals surface area (Å²) >= 11 is 0. The van der Waals surface area contributed by atoms with Crippen LogP contribution in [0.5, 0.6) is 5.75 Å². The van der Waals surface area contributed by atoms with Crippen LogP contribution in [-0.2, 0) is 26.2 Å². The Balaban J connectivity index is 2.04. The van der Waals surface area contributed by atoms with Crippen LogP contribution in [0.1, 0.15) is 57.2 Å².